The van der Waals surface area contributed by atoms with Crippen molar-refractivity contribution >= 4 is 33.7 Å². The molecule has 0 radical (unpaired) electrons. The number of nitrogen functional groups attached to an aromatic ring is 2. The average molecular weight is 505 g/mol. The highest BCUT2D eigenvalue weighted by atomic mass is 16.6. The minimum atomic E-state index is 0.197. The maximum Gasteiger partial charge on any atom is 0.199 e. The Labute approximate surface area is 214 Å². The van der Waals surface area contributed by atoms with Crippen LogP contribution >= 0.6 is 0 Å². The lowest BCUT2D eigenvalue weighted by atomic mass is 10.1. The second kappa shape index (κ2) is 8.55. The van der Waals surface area contributed by atoms with Crippen molar-refractivity contribution in [3.8, 4) is 23.0 Å². The van der Waals surface area contributed by atoms with Gasteiger partial charge in [0.1, 0.15) is 0 Å². The summed E-state index contributed by atoms with van der Waals surface area (Å²) < 4.78 is 13.8. The van der Waals surface area contributed by atoms with Crippen molar-refractivity contribution in [1.29, 1.82) is 0 Å². The van der Waals surface area contributed by atoms with Gasteiger partial charge in [-0.15, -0.1) is 0 Å². The molecule has 7 aromatic rings. The number of hydrogen-bond donors (Lipinski definition) is 2. The lowest BCUT2D eigenvalue weighted by Gasteiger charge is -2.11. The van der Waals surface area contributed by atoms with Crippen molar-refractivity contribution in [2.24, 2.45) is 0 Å². The first-order chi connectivity index (χ1) is 18.7. The van der Waals surface area contributed by atoms with Gasteiger partial charge in [-0.2, -0.15) is 0 Å². The number of benzene rings is 3. The van der Waals surface area contributed by atoms with Crippen LogP contribution in [0.1, 0.15) is 11.1 Å². The fraction of sp³-hybridized carbons (Fsp3) is 0.0769. The SMILES string of the molecule is Nc1nonc1-c1nc2ccccc2n1Cc1ccc(Cn2c(-c3nonc3N)nc3ccccc32)cc1. The van der Waals surface area contributed by atoms with Gasteiger partial charge in [0.15, 0.2) is 34.7 Å². The molecule has 0 atom stereocenters. The van der Waals surface area contributed by atoms with E-state index in [4.69, 9.17) is 30.7 Å². The largest absolute Gasteiger partial charge is 0.379 e. The molecular formula is C26H20N10O2. The van der Waals surface area contributed by atoms with E-state index in [0.717, 1.165) is 33.2 Å². The maximum atomic E-state index is 5.99. The number of anilines is 2. The molecule has 0 amide bonds. The molecule has 0 saturated carbocycles. The number of imidazole rings is 2. The molecule has 0 unspecified atom stereocenters. The van der Waals surface area contributed by atoms with E-state index in [1.54, 1.807) is 0 Å². The first kappa shape index (κ1) is 21.7. The Morgan fingerprint density at radius 3 is 1.37 bits per heavy atom. The van der Waals surface area contributed by atoms with E-state index < -0.39 is 0 Å². The summed E-state index contributed by atoms with van der Waals surface area (Å²) in [6.45, 7) is 1.12. The molecular weight excluding hydrogens is 484 g/mol. The second-order valence-corrected chi connectivity index (χ2v) is 8.83. The predicted octanol–water partition coefficient (Wildman–Crippen LogP) is 3.75. The summed E-state index contributed by atoms with van der Waals surface area (Å²) in [5, 5.41) is 15.4. The van der Waals surface area contributed by atoms with Gasteiger partial charge in [-0.25, -0.2) is 19.2 Å². The standard InChI is InChI=1S/C26H20N10O2/c27-23-21(31-37-33-23)25-29-17-5-1-3-7-19(17)35(25)13-15-9-11-16(12-10-15)14-36-20-8-4-2-6-18(20)30-26(36)22-24(28)34-38-32-22/h1-12H,13-14H2,(H2,27,33)(H2,28,34). The van der Waals surface area contributed by atoms with Crippen LogP contribution < -0.4 is 11.5 Å². The lowest BCUT2D eigenvalue weighted by Crippen LogP contribution is -2.05. The fourth-order valence-corrected chi connectivity index (χ4v) is 4.65. The van der Waals surface area contributed by atoms with Crippen molar-refractivity contribution < 1.29 is 9.26 Å². The molecule has 0 saturated heterocycles. The van der Waals surface area contributed by atoms with Crippen molar-refractivity contribution in [3.63, 3.8) is 0 Å². The number of fused-ring (bicyclic) bond motifs is 2. The van der Waals surface area contributed by atoms with Gasteiger partial charge in [0.05, 0.1) is 22.1 Å². The molecule has 0 fully saturated rings. The van der Waals surface area contributed by atoms with Crippen molar-refractivity contribution in [2.45, 2.75) is 13.1 Å². The van der Waals surface area contributed by atoms with Crippen molar-refractivity contribution in [1.82, 2.24) is 39.7 Å². The molecule has 38 heavy (non-hydrogen) atoms. The van der Waals surface area contributed by atoms with E-state index in [9.17, 15) is 0 Å². The molecule has 0 aliphatic rings. The highest BCUT2D eigenvalue weighted by Crippen LogP contribution is 2.29. The summed E-state index contributed by atoms with van der Waals surface area (Å²) in [4.78, 5) is 9.46. The third-order valence-electron chi connectivity index (χ3n) is 6.46. The number of rotatable bonds is 6. The molecule has 0 aliphatic carbocycles. The lowest BCUT2D eigenvalue weighted by molar-refractivity contribution is 0.310. The van der Waals surface area contributed by atoms with Gasteiger partial charge in [-0.05, 0) is 56.0 Å². The van der Waals surface area contributed by atoms with Gasteiger partial charge in [0.25, 0.3) is 0 Å². The van der Waals surface area contributed by atoms with E-state index in [1.165, 1.54) is 0 Å². The highest BCUT2D eigenvalue weighted by molar-refractivity contribution is 5.82. The number of aromatic nitrogens is 8. The molecule has 4 N–H and O–H groups in total. The maximum absolute atomic E-state index is 5.99. The molecule has 4 heterocycles. The van der Waals surface area contributed by atoms with E-state index in [2.05, 4.69) is 54.0 Å². The summed E-state index contributed by atoms with van der Waals surface area (Å²) >= 11 is 0. The van der Waals surface area contributed by atoms with Crippen LogP contribution in [0.5, 0.6) is 0 Å². The highest BCUT2D eigenvalue weighted by Gasteiger charge is 2.21. The molecule has 0 spiro atoms. The minimum absolute atomic E-state index is 0.197. The normalized spacial score (nSPS) is 11.6. The second-order valence-electron chi connectivity index (χ2n) is 8.83. The quantitative estimate of drug-likeness (QED) is 0.340. The summed E-state index contributed by atoms with van der Waals surface area (Å²) in [5.41, 5.74) is 18.6. The third kappa shape index (κ3) is 3.54. The number of hydrogen-bond acceptors (Lipinski definition) is 10. The molecule has 0 aliphatic heterocycles. The summed E-state index contributed by atoms with van der Waals surface area (Å²) in [6, 6.07) is 24.1. The average Bonchev–Trinajstić information content (AvgIpc) is 3.71. The number of nitrogens with zero attached hydrogens (tertiary/aromatic N) is 8. The minimum Gasteiger partial charge on any atom is -0.379 e. The third-order valence-corrected chi connectivity index (χ3v) is 6.46. The van der Waals surface area contributed by atoms with Crippen molar-refractivity contribution in [2.75, 3.05) is 11.5 Å². The van der Waals surface area contributed by atoms with Crippen LogP contribution in [0.15, 0.2) is 82.1 Å². The predicted molar refractivity (Wildman–Crippen MR) is 140 cm³/mol. The van der Waals surface area contributed by atoms with E-state index >= 15 is 0 Å². The fourth-order valence-electron chi connectivity index (χ4n) is 4.65. The molecule has 12 heteroatoms. The van der Waals surface area contributed by atoms with Crippen LogP contribution in [0.3, 0.4) is 0 Å². The van der Waals surface area contributed by atoms with Gasteiger partial charge >= 0.3 is 0 Å². The van der Waals surface area contributed by atoms with Crippen molar-refractivity contribution in [3.05, 3.63) is 83.9 Å². The van der Waals surface area contributed by atoms with Gasteiger partial charge in [-0.1, -0.05) is 48.5 Å². The summed E-state index contributed by atoms with van der Waals surface area (Å²) in [6.07, 6.45) is 0. The van der Waals surface area contributed by atoms with Crippen LogP contribution in [-0.4, -0.2) is 39.7 Å². The molecule has 12 nitrogen and oxygen atoms in total. The Morgan fingerprint density at radius 2 is 0.974 bits per heavy atom. The Hall–Kier alpha value is -5.52. The van der Waals surface area contributed by atoms with Crippen LogP contribution in [0.25, 0.3) is 45.1 Å². The molecule has 186 valence electrons. The Balaban J connectivity index is 1.23. The zero-order valence-corrected chi connectivity index (χ0v) is 19.9. The summed E-state index contributed by atoms with van der Waals surface area (Å²) in [7, 11) is 0. The molecule has 4 aromatic heterocycles. The zero-order chi connectivity index (χ0) is 25.6. The van der Waals surface area contributed by atoms with Crippen LogP contribution in [0.4, 0.5) is 11.6 Å². The van der Waals surface area contributed by atoms with Crippen LogP contribution in [0.2, 0.25) is 0 Å². The molecule has 7 rings (SSSR count). The Bertz CT molecular complexity index is 1770. The van der Waals surface area contributed by atoms with Gasteiger partial charge in [-0.3, -0.25) is 0 Å². The Morgan fingerprint density at radius 1 is 0.553 bits per heavy atom. The summed E-state index contributed by atoms with van der Waals surface area (Å²) in [5.74, 6) is 1.59. The van der Waals surface area contributed by atoms with E-state index in [1.807, 2.05) is 48.5 Å². The van der Waals surface area contributed by atoms with Gasteiger partial charge < -0.3 is 20.6 Å². The van der Waals surface area contributed by atoms with Crippen LogP contribution in [0, 0.1) is 0 Å². The number of para-hydroxylation sites is 4. The Kier molecular flexibility index (Phi) is 4.89. The molecule has 0 bridgehead atoms. The topological polar surface area (TPSA) is 166 Å². The first-order valence-electron chi connectivity index (χ1n) is 11.8. The molecule has 3 aromatic carbocycles. The first-order valence-corrected chi connectivity index (χ1v) is 11.8. The van der Waals surface area contributed by atoms with E-state index in [0.29, 0.717) is 36.1 Å². The number of nitrogens with two attached hydrogens (primary N) is 2. The van der Waals surface area contributed by atoms with Gasteiger partial charge in [0, 0.05) is 13.1 Å². The van der Waals surface area contributed by atoms with Gasteiger partial charge in [0.2, 0.25) is 0 Å². The monoisotopic (exact) mass is 504 g/mol. The van der Waals surface area contributed by atoms with E-state index in [-0.39, 0.29) is 11.6 Å². The smallest absolute Gasteiger partial charge is 0.199 e. The zero-order valence-electron chi connectivity index (χ0n) is 19.9. The van der Waals surface area contributed by atoms with Crippen LogP contribution in [-0.2, 0) is 13.1 Å².